The van der Waals surface area contributed by atoms with Gasteiger partial charge in [0.25, 0.3) is 0 Å². The van der Waals surface area contributed by atoms with Gasteiger partial charge in [-0.1, -0.05) is 12.8 Å². The average Bonchev–Trinajstić information content (AvgIpc) is 3.54. The van der Waals surface area contributed by atoms with Gasteiger partial charge in [0.1, 0.15) is 5.65 Å². The fraction of sp³-hybridized carbons (Fsp3) is 0.500. The summed E-state index contributed by atoms with van der Waals surface area (Å²) >= 11 is 0. The molecular weight excluding hydrogens is 454 g/mol. The van der Waals surface area contributed by atoms with Gasteiger partial charge in [0.2, 0.25) is 5.95 Å². The summed E-state index contributed by atoms with van der Waals surface area (Å²) in [5.41, 5.74) is 2.07. The molecule has 0 spiro atoms. The summed E-state index contributed by atoms with van der Waals surface area (Å²) < 4.78 is 2.35. The Morgan fingerprint density at radius 1 is 1.03 bits per heavy atom. The van der Waals surface area contributed by atoms with Crippen molar-refractivity contribution in [3.63, 3.8) is 0 Å². The number of pyridine rings is 1. The van der Waals surface area contributed by atoms with Crippen molar-refractivity contribution in [2.45, 2.75) is 63.6 Å². The number of hydrogen-bond acceptors (Lipinski definition) is 9. The monoisotopic (exact) mass is 487 g/mol. The Hall–Kier alpha value is -3.37. The molecule has 1 aliphatic carbocycles. The minimum absolute atomic E-state index is 0.318. The smallest absolute Gasteiger partial charge is 0.230 e. The van der Waals surface area contributed by atoms with Crippen molar-refractivity contribution in [2.24, 2.45) is 0 Å². The number of fused-ring (bicyclic) bond motifs is 3. The SMILES string of the molecule is CC(O)CNC1CCN(c2ccc(Nc3ncc4c5ccncc5n(C5CCCC5)c4n3)nn2)CC1. The Balaban J connectivity index is 1.18. The van der Waals surface area contributed by atoms with Crippen LogP contribution in [-0.2, 0) is 0 Å². The maximum Gasteiger partial charge on any atom is 0.230 e. The zero-order chi connectivity index (χ0) is 24.5. The van der Waals surface area contributed by atoms with Gasteiger partial charge in [0, 0.05) is 54.9 Å². The van der Waals surface area contributed by atoms with Crippen molar-refractivity contribution < 1.29 is 5.11 Å². The molecule has 10 nitrogen and oxygen atoms in total. The molecule has 1 aliphatic heterocycles. The second kappa shape index (κ2) is 9.94. The molecule has 0 amide bonds. The quantitative estimate of drug-likeness (QED) is 0.360. The molecule has 6 rings (SSSR count). The normalized spacial score (nSPS) is 18.3. The van der Waals surface area contributed by atoms with Gasteiger partial charge in [-0.05, 0) is 50.8 Å². The van der Waals surface area contributed by atoms with Gasteiger partial charge in [-0.2, -0.15) is 4.98 Å². The number of hydrogen-bond donors (Lipinski definition) is 3. The molecule has 36 heavy (non-hydrogen) atoms. The first-order valence-electron chi connectivity index (χ1n) is 13.0. The Bertz CT molecular complexity index is 1320. The number of nitrogens with zero attached hydrogens (tertiary/aromatic N) is 7. The summed E-state index contributed by atoms with van der Waals surface area (Å²) in [6.07, 6.45) is 12.2. The minimum atomic E-state index is -0.318. The van der Waals surface area contributed by atoms with E-state index in [1.54, 1.807) is 0 Å². The van der Waals surface area contributed by atoms with Crippen LogP contribution in [0.25, 0.3) is 21.9 Å². The standard InChI is InChI=1S/C26H33N9O/c1-17(36)14-28-18-9-12-34(13-10-18)24-7-6-23(32-33-24)30-26-29-15-21-20-8-11-27-16-22(20)35(25(21)31-26)19-4-2-3-5-19/h6-8,11,15-19,28,36H,2-5,9-10,12-14H2,1H3,(H,29,30,31,32). The van der Waals surface area contributed by atoms with Crippen molar-refractivity contribution in [3.05, 3.63) is 36.8 Å². The molecule has 0 bridgehead atoms. The molecule has 1 saturated carbocycles. The van der Waals surface area contributed by atoms with Crippen LogP contribution in [0.2, 0.25) is 0 Å². The lowest BCUT2D eigenvalue weighted by Gasteiger charge is -2.33. The number of piperidine rings is 1. The first-order valence-corrected chi connectivity index (χ1v) is 13.0. The molecule has 1 unspecified atom stereocenters. The lowest BCUT2D eigenvalue weighted by atomic mass is 10.0. The summed E-state index contributed by atoms with van der Waals surface area (Å²) in [5, 5.41) is 27.2. The summed E-state index contributed by atoms with van der Waals surface area (Å²) in [5.74, 6) is 2.01. The van der Waals surface area contributed by atoms with Crippen molar-refractivity contribution >= 4 is 39.5 Å². The maximum absolute atomic E-state index is 9.48. The third-order valence-electron chi connectivity index (χ3n) is 7.45. The molecule has 10 heteroatoms. The highest BCUT2D eigenvalue weighted by atomic mass is 16.3. The second-order valence-corrected chi connectivity index (χ2v) is 10.1. The van der Waals surface area contributed by atoms with Gasteiger partial charge in [-0.25, -0.2) is 4.98 Å². The van der Waals surface area contributed by atoms with Crippen LogP contribution < -0.4 is 15.5 Å². The van der Waals surface area contributed by atoms with E-state index in [-0.39, 0.29) is 6.10 Å². The van der Waals surface area contributed by atoms with Gasteiger partial charge in [0.15, 0.2) is 11.6 Å². The Morgan fingerprint density at radius 3 is 2.61 bits per heavy atom. The molecule has 1 atom stereocenters. The third kappa shape index (κ3) is 4.58. The van der Waals surface area contributed by atoms with Gasteiger partial charge in [-0.15, -0.1) is 10.2 Å². The summed E-state index contributed by atoms with van der Waals surface area (Å²) in [4.78, 5) is 16.1. The minimum Gasteiger partial charge on any atom is -0.392 e. The van der Waals surface area contributed by atoms with Crippen LogP contribution in [0.1, 0.15) is 51.5 Å². The van der Waals surface area contributed by atoms with Crippen LogP contribution in [0.15, 0.2) is 36.8 Å². The van der Waals surface area contributed by atoms with Gasteiger partial charge in [0.05, 0.1) is 17.8 Å². The fourth-order valence-corrected chi connectivity index (χ4v) is 5.58. The van der Waals surface area contributed by atoms with E-state index in [1.165, 1.54) is 25.7 Å². The van der Waals surface area contributed by atoms with Crippen LogP contribution in [-0.4, -0.2) is 66.6 Å². The number of anilines is 3. The van der Waals surface area contributed by atoms with Crippen molar-refractivity contribution in [1.29, 1.82) is 0 Å². The molecule has 1 saturated heterocycles. The van der Waals surface area contributed by atoms with E-state index >= 15 is 0 Å². The van der Waals surface area contributed by atoms with Crippen molar-refractivity contribution in [1.82, 2.24) is 35.0 Å². The Morgan fingerprint density at radius 2 is 1.86 bits per heavy atom. The number of rotatable bonds is 7. The highest BCUT2D eigenvalue weighted by Crippen LogP contribution is 2.37. The van der Waals surface area contributed by atoms with E-state index in [1.807, 2.05) is 37.6 Å². The predicted octanol–water partition coefficient (Wildman–Crippen LogP) is 3.57. The predicted molar refractivity (Wildman–Crippen MR) is 141 cm³/mol. The molecule has 3 N–H and O–H groups in total. The number of aliphatic hydroxyl groups excluding tert-OH is 1. The number of aromatic nitrogens is 6. The van der Waals surface area contributed by atoms with E-state index in [0.717, 1.165) is 53.7 Å². The molecule has 4 aromatic rings. The van der Waals surface area contributed by atoms with Crippen LogP contribution in [0.3, 0.4) is 0 Å². The Labute approximate surface area is 210 Å². The lowest BCUT2D eigenvalue weighted by Crippen LogP contribution is -2.44. The largest absolute Gasteiger partial charge is 0.392 e. The summed E-state index contributed by atoms with van der Waals surface area (Å²) in [6, 6.07) is 6.87. The van der Waals surface area contributed by atoms with Crippen LogP contribution >= 0.6 is 0 Å². The number of aliphatic hydroxyl groups is 1. The van der Waals surface area contributed by atoms with Gasteiger partial charge < -0.3 is 25.2 Å². The van der Waals surface area contributed by atoms with E-state index < -0.39 is 0 Å². The van der Waals surface area contributed by atoms with Crippen molar-refractivity contribution in [2.75, 3.05) is 29.9 Å². The van der Waals surface area contributed by atoms with Crippen LogP contribution in [0.4, 0.5) is 17.6 Å². The first kappa shape index (κ1) is 23.1. The van der Waals surface area contributed by atoms with Gasteiger partial charge >= 0.3 is 0 Å². The second-order valence-electron chi connectivity index (χ2n) is 10.1. The van der Waals surface area contributed by atoms with E-state index in [0.29, 0.717) is 30.4 Å². The van der Waals surface area contributed by atoms with E-state index in [4.69, 9.17) is 4.98 Å². The first-order chi connectivity index (χ1) is 17.7. The molecular formula is C26H33N9O. The Kier molecular flexibility index (Phi) is 6.37. The molecule has 0 radical (unpaired) electrons. The van der Waals surface area contributed by atoms with Gasteiger partial charge in [-0.3, -0.25) is 4.98 Å². The fourth-order valence-electron chi connectivity index (χ4n) is 5.58. The van der Waals surface area contributed by atoms with E-state index in [9.17, 15) is 5.11 Å². The highest BCUT2D eigenvalue weighted by molar-refractivity contribution is 6.06. The lowest BCUT2D eigenvalue weighted by molar-refractivity contribution is 0.183. The topological polar surface area (TPSA) is 117 Å². The average molecular weight is 488 g/mol. The molecule has 2 aliphatic rings. The molecule has 188 valence electrons. The summed E-state index contributed by atoms with van der Waals surface area (Å²) in [6.45, 7) is 4.28. The zero-order valence-electron chi connectivity index (χ0n) is 20.6. The van der Waals surface area contributed by atoms with Crippen LogP contribution in [0, 0.1) is 0 Å². The van der Waals surface area contributed by atoms with Crippen molar-refractivity contribution in [3.8, 4) is 0 Å². The molecule has 2 fully saturated rings. The highest BCUT2D eigenvalue weighted by Gasteiger charge is 2.24. The molecule has 4 aromatic heterocycles. The van der Waals surface area contributed by atoms with E-state index in [2.05, 4.69) is 46.3 Å². The molecule has 0 aromatic carbocycles. The van der Waals surface area contributed by atoms with Crippen LogP contribution in [0.5, 0.6) is 0 Å². The maximum atomic E-state index is 9.48. The zero-order valence-corrected chi connectivity index (χ0v) is 20.6. The summed E-state index contributed by atoms with van der Waals surface area (Å²) in [7, 11) is 0. The third-order valence-corrected chi connectivity index (χ3v) is 7.45. The number of nitrogens with one attached hydrogen (secondary N) is 2. The molecule has 5 heterocycles.